The van der Waals surface area contributed by atoms with Crippen LogP contribution in [0.5, 0.6) is 0 Å². The second kappa shape index (κ2) is 16.7. The number of unbranched alkanes of at least 4 members (excludes halogenated alkanes) is 10. The normalized spacial score (nSPS) is 12.2. The van der Waals surface area contributed by atoms with Gasteiger partial charge in [0.1, 0.15) is 0 Å². The Bertz CT molecular complexity index is 345. The zero-order valence-corrected chi connectivity index (χ0v) is 17.5. The molecule has 1 N–H and O–H groups in total. The SMILES string of the molecule is CCCCCCCCN(CCCCCCCC)CCSS(=O)(=O)O. The smallest absolute Gasteiger partial charge is 0.302 e. The topological polar surface area (TPSA) is 57.6 Å². The van der Waals surface area contributed by atoms with E-state index in [0.29, 0.717) is 16.5 Å². The average Bonchev–Trinajstić information content (AvgIpc) is 2.52. The summed E-state index contributed by atoms with van der Waals surface area (Å²) in [6.45, 7) is 7.30. The first-order valence-corrected chi connectivity index (χ1v) is 12.8. The minimum Gasteiger partial charge on any atom is -0.302 e. The summed E-state index contributed by atoms with van der Waals surface area (Å²) in [4.78, 5) is 2.37. The van der Waals surface area contributed by atoms with Gasteiger partial charge in [0, 0.05) is 12.3 Å². The van der Waals surface area contributed by atoms with E-state index < -0.39 is 9.15 Å². The first-order chi connectivity index (χ1) is 11.5. The Morgan fingerprint density at radius 2 is 1.12 bits per heavy atom. The molecule has 0 radical (unpaired) electrons. The van der Waals surface area contributed by atoms with Crippen LogP contribution in [0.2, 0.25) is 0 Å². The minimum absolute atomic E-state index is 0.449. The van der Waals surface area contributed by atoms with Crippen molar-refractivity contribution in [3.63, 3.8) is 0 Å². The van der Waals surface area contributed by atoms with E-state index in [9.17, 15) is 8.42 Å². The lowest BCUT2D eigenvalue weighted by atomic mass is 10.1. The average molecular weight is 382 g/mol. The summed E-state index contributed by atoms with van der Waals surface area (Å²) in [5, 5.41) is 0. The maximum absolute atomic E-state index is 10.8. The Labute approximate surface area is 154 Å². The van der Waals surface area contributed by atoms with Gasteiger partial charge in [-0.25, -0.2) is 0 Å². The summed E-state index contributed by atoms with van der Waals surface area (Å²) in [7, 11) is -3.25. The van der Waals surface area contributed by atoms with Crippen LogP contribution >= 0.6 is 10.8 Å². The van der Waals surface area contributed by atoms with Gasteiger partial charge in [-0.15, -0.1) is 0 Å². The van der Waals surface area contributed by atoms with Crippen molar-refractivity contribution in [3.05, 3.63) is 0 Å². The molecule has 0 rings (SSSR count). The lowest BCUT2D eigenvalue weighted by Gasteiger charge is -2.22. The maximum Gasteiger partial charge on any atom is 0.319 e. The van der Waals surface area contributed by atoms with Crippen molar-refractivity contribution in [1.29, 1.82) is 0 Å². The molecule has 4 nitrogen and oxygen atoms in total. The quantitative estimate of drug-likeness (QED) is 0.192. The summed E-state index contributed by atoms with van der Waals surface area (Å²) in [5.41, 5.74) is 0. The second-order valence-electron chi connectivity index (χ2n) is 6.63. The van der Waals surface area contributed by atoms with Gasteiger partial charge in [-0.1, -0.05) is 78.1 Å². The monoisotopic (exact) mass is 381 g/mol. The molecule has 0 aromatic carbocycles. The molecular formula is C18H39NO3S2. The highest BCUT2D eigenvalue weighted by atomic mass is 33.1. The highest BCUT2D eigenvalue weighted by molar-refractivity contribution is 8.69. The summed E-state index contributed by atoms with van der Waals surface area (Å²) >= 11 is 0. The lowest BCUT2D eigenvalue weighted by molar-refractivity contribution is 0.275. The Morgan fingerprint density at radius 3 is 1.54 bits per heavy atom. The number of hydrogen-bond donors (Lipinski definition) is 1. The molecule has 0 aliphatic heterocycles. The van der Waals surface area contributed by atoms with Gasteiger partial charge in [0.2, 0.25) is 0 Å². The molecule has 0 aromatic heterocycles. The van der Waals surface area contributed by atoms with Crippen LogP contribution in [0.3, 0.4) is 0 Å². The first-order valence-electron chi connectivity index (χ1n) is 9.83. The van der Waals surface area contributed by atoms with Gasteiger partial charge in [-0.3, -0.25) is 4.55 Å². The van der Waals surface area contributed by atoms with Crippen molar-refractivity contribution in [1.82, 2.24) is 4.90 Å². The Hall–Kier alpha value is 0.220. The summed E-state index contributed by atoms with van der Waals surface area (Å²) in [5.74, 6) is 0.449. The molecule has 0 amide bonds. The van der Waals surface area contributed by atoms with Crippen LogP contribution in [0.15, 0.2) is 0 Å². The summed E-state index contributed by atoms with van der Waals surface area (Å²) < 4.78 is 30.5. The van der Waals surface area contributed by atoms with Crippen LogP contribution in [0.25, 0.3) is 0 Å². The van der Waals surface area contributed by atoms with E-state index in [0.717, 1.165) is 19.6 Å². The molecule has 0 aliphatic rings. The van der Waals surface area contributed by atoms with Crippen LogP contribution in [0, 0.1) is 0 Å². The molecule has 0 saturated heterocycles. The van der Waals surface area contributed by atoms with E-state index in [2.05, 4.69) is 18.7 Å². The number of nitrogens with zero attached hydrogens (tertiary/aromatic N) is 1. The molecule has 24 heavy (non-hydrogen) atoms. The van der Waals surface area contributed by atoms with E-state index in [4.69, 9.17) is 4.55 Å². The molecule has 0 spiro atoms. The highest BCUT2D eigenvalue weighted by Crippen LogP contribution is 2.12. The van der Waals surface area contributed by atoms with Crippen molar-refractivity contribution in [2.45, 2.75) is 90.9 Å². The molecular weight excluding hydrogens is 342 g/mol. The zero-order valence-electron chi connectivity index (χ0n) is 15.8. The third-order valence-electron chi connectivity index (χ3n) is 4.30. The molecule has 6 heteroatoms. The Morgan fingerprint density at radius 1 is 0.708 bits per heavy atom. The standard InChI is InChI=1S/C18H39NO3S2/c1-3-5-7-9-11-13-15-19(17-18-23-24(20,21)22)16-14-12-10-8-6-4-2/h3-18H2,1-2H3,(H,20,21,22). The fourth-order valence-corrected chi connectivity index (χ4v) is 4.24. The molecule has 0 atom stereocenters. The number of hydrogen-bond acceptors (Lipinski definition) is 4. The van der Waals surface area contributed by atoms with Crippen LogP contribution in [-0.2, 0) is 9.15 Å². The van der Waals surface area contributed by atoms with Crippen LogP contribution in [-0.4, -0.2) is 43.3 Å². The summed E-state index contributed by atoms with van der Waals surface area (Å²) in [6, 6.07) is 0. The fourth-order valence-electron chi connectivity index (χ4n) is 2.84. The lowest BCUT2D eigenvalue weighted by Crippen LogP contribution is -2.28. The van der Waals surface area contributed by atoms with Crippen molar-refractivity contribution >= 4 is 19.9 Å². The van der Waals surface area contributed by atoms with Gasteiger partial charge >= 0.3 is 9.15 Å². The third-order valence-corrected chi connectivity index (χ3v) is 6.34. The van der Waals surface area contributed by atoms with Crippen molar-refractivity contribution in [2.24, 2.45) is 0 Å². The van der Waals surface area contributed by atoms with Crippen molar-refractivity contribution in [3.8, 4) is 0 Å². The molecule has 0 bridgehead atoms. The van der Waals surface area contributed by atoms with Crippen LogP contribution in [0.1, 0.15) is 90.9 Å². The molecule has 0 aromatic rings. The fraction of sp³-hybridized carbons (Fsp3) is 1.00. The minimum atomic E-state index is -3.90. The van der Waals surface area contributed by atoms with E-state index in [1.807, 2.05) is 0 Å². The van der Waals surface area contributed by atoms with Gasteiger partial charge in [0.05, 0.1) is 0 Å². The maximum atomic E-state index is 10.8. The first kappa shape index (κ1) is 24.2. The molecule has 0 unspecified atom stereocenters. The van der Waals surface area contributed by atoms with E-state index >= 15 is 0 Å². The molecule has 0 saturated carbocycles. The van der Waals surface area contributed by atoms with Crippen LogP contribution in [0.4, 0.5) is 0 Å². The zero-order chi connectivity index (χ0) is 18.1. The highest BCUT2D eigenvalue weighted by Gasteiger charge is 2.09. The predicted octanol–water partition coefficient (Wildman–Crippen LogP) is 5.55. The Balaban J connectivity index is 3.91. The van der Waals surface area contributed by atoms with E-state index in [-0.39, 0.29) is 0 Å². The molecule has 0 aliphatic carbocycles. The van der Waals surface area contributed by atoms with Crippen molar-refractivity contribution in [2.75, 3.05) is 25.4 Å². The second-order valence-corrected chi connectivity index (χ2v) is 10.1. The molecule has 146 valence electrons. The third kappa shape index (κ3) is 18.6. The number of rotatable bonds is 18. The van der Waals surface area contributed by atoms with Gasteiger partial charge in [0.25, 0.3) is 0 Å². The summed E-state index contributed by atoms with van der Waals surface area (Å²) in [6.07, 6.45) is 15.4. The molecule has 0 heterocycles. The predicted molar refractivity (Wildman–Crippen MR) is 107 cm³/mol. The van der Waals surface area contributed by atoms with Gasteiger partial charge in [-0.05, 0) is 36.7 Å². The largest absolute Gasteiger partial charge is 0.319 e. The van der Waals surface area contributed by atoms with Gasteiger partial charge in [-0.2, -0.15) is 8.42 Å². The molecule has 0 fully saturated rings. The van der Waals surface area contributed by atoms with E-state index in [1.54, 1.807) is 0 Å². The van der Waals surface area contributed by atoms with Gasteiger partial charge in [0.15, 0.2) is 0 Å². The van der Waals surface area contributed by atoms with Crippen molar-refractivity contribution < 1.29 is 13.0 Å². The van der Waals surface area contributed by atoms with Crippen LogP contribution < -0.4 is 0 Å². The van der Waals surface area contributed by atoms with Gasteiger partial charge < -0.3 is 4.90 Å². The van der Waals surface area contributed by atoms with E-state index in [1.165, 1.54) is 77.0 Å². The Kier molecular flexibility index (Phi) is 16.8.